The van der Waals surface area contributed by atoms with Gasteiger partial charge in [-0.25, -0.2) is 4.98 Å². The van der Waals surface area contributed by atoms with E-state index >= 15 is 0 Å². The smallest absolute Gasteiger partial charge is 0.149 e. The van der Waals surface area contributed by atoms with E-state index in [4.69, 9.17) is 17.2 Å². The zero-order valence-corrected chi connectivity index (χ0v) is 18.7. The van der Waals surface area contributed by atoms with Crippen LogP contribution >= 0.6 is 0 Å². The van der Waals surface area contributed by atoms with Crippen LogP contribution in [0.5, 0.6) is 0 Å². The number of nitrogens with zero attached hydrogens (tertiary/aromatic N) is 1. The van der Waals surface area contributed by atoms with Gasteiger partial charge in [0.25, 0.3) is 0 Å². The van der Waals surface area contributed by atoms with Crippen LogP contribution in [0.2, 0.25) is 0 Å². The van der Waals surface area contributed by atoms with Crippen molar-refractivity contribution >= 4 is 17.3 Å². The molecule has 0 aliphatic heterocycles. The lowest BCUT2D eigenvalue weighted by Crippen LogP contribution is -2.34. The predicted molar refractivity (Wildman–Crippen MR) is 134 cm³/mol. The van der Waals surface area contributed by atoms with Crippen molar-refractivity contribution in [2.75, 3.05) is 23.7 Å². The van der Waals surface area contributed by atoms with E-state index in [1.807, 2.05) is 12.1 Å². The van der Waals surface area contributed by atoms with Gasteiger partial charge in [0.2, 0.25) is 0 Å². The van der Waals surface area contributed by atoms with E-state index in [2.05, 4.69) is 64.9 Å². The highest BCUT2D eigenvalue weighted by atomic mass is 14.9. The number of benzene rings is 2. The average molecular weight is 430 g/mol. The number of anilines is 3. The molecule has 0 saturated heterocycles. The van der Waals surface area contributed by atoms with E-state index in [1.54, 1.807) is 0 Å². The van der Waals surface area contributed by atoms with Gasteiger partial charge >= 0.3 is 0 Å². The lowest BCUT2D eigenvalue weighted by molar-refractivity contribution is 0.289. The molecule has 168 valence electrons. The molecule has 5 nitrogen and oxygen atoms in total. The van der Waals surface area contributed by atoms with E-state index in [1.165, 1.54) is 43.2 Å². The standard InChI is InChI=1S/C27H35N5/c28-25-18-24(26(29)27(30)32-25)23(21-9-5-2-6-10-21)15-16-31-22-13-11-20(12-14-22)17-19-7-3-1-4-8-19/h1-10,18,20,22-23,31H,11-17,29H2,(H4,28,30,32). The van der Waals surface area contributed by atoms with Crippen LogP contribution in [0.3, 0.4) is 0 Å². The number of rotatable bonds is 8. The quantitative estimate of drug-likeness (QED) is 0.414. The van der Waals surface area contributed by atoms with E-state index in [0.717, 1.165) is 24.4 Å². The molecule has 1 unspecified atom stereocenters. The molecule has 7 N–H and O–H groups in total. The summed E-state index contributed by atoms with van der Waals surface area (Å²) in [5.74, 6) is 1.66. The summed E-state index contributed by atoms with van der Waals surface area (Å²) in [6.07, 6.45) is 7.20. The summed E-state index contributed by atoms with van der Waals surface area (Å²) in [7, 11) is 0. The van der Waals surface area contributed by atoms with Crippen molar-refractivity contribution in [2.45, 2.75) is 50.5 Å². The second-order valence-corrected chi connectivity index (χ2v) is 9.05. The second-order valence-electron chi connectivity index (χ2n) is 9.05. The van der Waals surface area contributed by atoms with Gasteiger partial charge in [0, 0.05) is 12.0 Å². The molecule has 32 heavy (non-hydrogen) atoms. The van der Waals surface area contributed by atoms with E-state index in [0.29, 0.717) is 23.4 Å². The Morgan fingerprint density at radius 1 is 0.875 bits per heavy atom. The minimum atomic E-state index is 0.130. The fourth-order valence-corrected chi connectivity index (χ4v) is 5.04. The third kappa shape index (κ3) is 5.60. The van der Waals surface area contributed by atoms with Gasteiger partial charge in [-0.1, -0.05) is 60.7 Å². The lowest BCUT2D eigenvalue weighted by Gasteiger charge is -2.30. The molecule has 1 aliphatic carbocycles. The maximum Gasteiger partial charge on any atom is 0.149 e. The molecule has 1 aliphatic rings. The van der Waals surface area contributed by atoms with Crippen LogP contribution < -0.4 is 22.5 Å². The van der Waals surface area contributed by atoms with Crippen LogP contribution in [0, 0.1) is 5.92 Å². The highest BCUT2D eigenvalue weighted by Gasteiger charge is 2.23. The SMILES string of the molecule is Nc1cc(C(CCNC2CCC(Cc3ccccc3)CC2)c2ccccc2)c(N)c(N)n1. The van der Waals surface area contributed by atoms with E-state index in [9.17, 15) is 0 Å². The van der Waals surface area contributed by atoms with Crippen LogP contribution in [0.4, 0.5) is 17.3 Å². The Hall–Kier alpha value is -3.05. The average Bonchev–Trinajstić information content (AvgIpc) is 2.82. The van der Waals surface area contributed by atoms with Crippen molar-refractivity contribution < 1.29 is 0 Å². The zero-order chi connectivity index (χ0) is 22.3. The minimum Gasteiger partial charge on any atom is -0.396 e. The molecule has 0 bridgehead atoms. The lowest BCUT2D eigenvalue weighted by atomic mass is 9.82. The summed E-state index contributed by atoms with van der Waals surface area (Å²) in [5, 5.41) is 3.81. The summed E-state index contributed by atoms with van der Waals surface area (Å²) >= 11 is 0. The maximum absolute atomic E-state index is 6.32. The number of pyridine rings is 1. The third-order valence-corrected chi connectivity index (χ3v) is 6.80. The first kappa shape index (κ1) is 22.2. The van der Waals surface area contributed by atoms with Crippen molar-refractivity contribution in [2.24, 2.45) is 5.92 Å². The molecule has 1 fully saturated rings. The first-order chi connectivity index (χ1) is 15.6. The fourth-order valence-electron chi connectivity index (χ4n) is 5.04. The Kier molecular flexibility index (Phi) is 7.28. The number of nitrogens with two attached hydrogens (primary N) is 3. The van der Waals surface area contributed by atoms with Gasteiger partial charge < -0.3 is 22.5 Å². The summed E-state index contributed by atoms with van der Waals surface area (Å²) in [6, 6.07) is 23.8. The molecule has 0 spiro atoms. The molecular weight excluding hydrogens is 394 g/mol. The number of aromatic nitrogens is 1. The van der Waals surface area contributed by atoms with Crippen LogP contribution in [-0.4, -0.2) is 17.6 Å². The normalized spacial score (nSPS) is 19.5. The molecule has 1 saturated carbocycles. The molecule has 5 heteroatoms. The molecule has 1 heterocycles. The first-order valence-electron chi connectivity index (χ1n) is 11.7. The fraction of sp³-hybridized carbons (Fsp3) is 0.370. The third-order valence-electron chi connectivity index (χ3n) is 6.80. The Morgan fingerprint density at radius 3 is 2.22 bits per heavy atom. The first-order valence-corrected chi connectivity index (χ1v) is 11.7. The summed E-state index contributed by atoms with van der Waals surface area (Å²) in [5.41, 5.74) is 22.5. The molecule has 4 rings (SSSR count). The van der Waals surface area contributed by atoms with Crippen molar-refractivity contribution in [1.29, 1.82) is 0 Å². The van der Waals surface area contributed by atoms with Gasteiger partial charge in [-0.15, -0.1) is 0 Å². The topological polar surface area (TPSA) is 103 Å². The van der Waals surface area contributed by atoms with Crippen LogP contribution in [0.25, 0.3) is 0 Å². The van der Waals surface area contributed by atoms with Crippen molar-refractivity contribution in [3.63, 3.8) is 0 Å². The van der Waals surface area contributed by atoms with Gasteiger partial charge in [-0.3, -0.25) is 0 Å². The molecule has 2 aromatic carbocycles. The summed E-state index contributed by atoms with van der Waals surface area (Å²) in [6.45, 7) is 0.926. The summed E-state index contributed by atoms with van der Waals surface area (Å²) < 4.78 is 0. The summed E-state index contributed by atoms with van der Waals surface area (Å²) in [4.78, 5) is 4.12. The predicted octanol–water partition coefficient (Wildman–Crippen LogP) is 4.74. The Balaban J connectivity index is 1.35. The Labute approximate surface area is 191 Å². The van der Waals surface area contributed by atoms with Crippen molar-refractivity contribution in [3.05, 3.63) is 83.4 Å². The van der Waals surface area contributed by atoms with E-state index in [-0.39, 0.29) is 5.92 Å². The largest absolute Gasteiger partial charge is 0.396 e. The molecular formula is C27H35N5. The highest BCUT2D eigenvalue weighted by Crippen LogP contribution is 2.35. The van der Waals surface area contributed by atoms with Crippen molar-refractivity contribution in [3.8, 4) is 0 Å². The molecule has 0 amide bonds. The molecule has 1 aromatic heterocycles. The van der Waals surface area contributed by atoms with Gasteiger partial charge in [0.05, 0.1) is 5.69 Å². The Morgan fingerprint density at radius 2 is 1.53 bits per heavy atom. The second kappa shape index (κ2) is 10.5. The molecule has 0 radical (unpaired) electrons. The van der Waals surface area contributed by atoms with Crippen LogP contribution in [0.1, 0.15) is 54.7 Å². The Bertz CT molecular complexity index is 982. The highest BCUT2D eigenvalue weighted by molar-refractivity contribution is 5.68. The van der Waals surface area contributed by atoms with Crippen LogP contribution in [-0.2, 0) is 6.42 Å². The maximum atomic E-state index is 6.32. The number of hydrogen-bond donors (Lipinski definition) is 4. The molecule has 3 aromatic rings. The van der Waals surface area contributed by atoms with Crippen LogP contribution in [0.15, 0.2) is 66.7 Å². The van der Waals surface area contributed by atoms with E-state index < -0.39 is 0 Å². The van der Waals surface area contributed by atoms with Crippen molar-refractivity contribution in [1.82, 2.24) is 10.3 Å². The number of hydrogen-bond acceptors (Lipinski definition) is 5. The van der Waals surface area contributed by atoms with Gasteiger partial charge in [0.1, 0.15) is 11.6 Å². The zero-order valence-electron chi connectivity index (χ0n) is 18.7. The van der Waals surface area contributed by atoms with Gasteiger partial charge in [-0.2, -0.15) is 0 Å². The van der Waals surface area contributed by atoms with Gasteiger partial charge in [-0.05, 0) is 73.7 Å². The van der Waals surface area contributed by atoms with Gasteiger partial charge in [0.15, 0.2) is 0 Å². The molecule has 1 atom stereocenters. The monoisotopic (exact) mass is 429 g/mol. The minimum absolute atomic E-state index is 0.130. The number of nitrogen functional groups attached to an aromatic ring is 3. The number of nitrogens with one attached hydrogen (secondary N) is 1.